The Balaban J connectivity index is 1.29. The van der Waals surface area contributed by atoms with Crippen LogP contribution in [0.3, 0.4) is 0 Å². The van der Waals surface area contributed by atoms with Crippen molar-refractivity contribution in [2.24, 2.45) is 7.05 Å². The molecular formula is C24H23N7O4S. The van der Waals surface area contributed by atoms with Gasteiger partial charge in [-0.15, -0.1) is 10.2 Å². The highest BCUT2D eigenvalue weighted by molar-refractivity contribution is 7.92. The molecule has 0 aliphatic carbocycles. The molecule has 0 fully saturated rings. The van der Waals surface area contributed by atoms with Crippen molar-refractivity contribution in [1.82, 2.24) is 24.5 Å². The minimum atomic E-state index is -3.88. The number of benzene rings is 2. The summed E-state index contributed by atoms with van der Waals surface area (Å²) in [4.78, 5) is 11.7. The van der Waals surface area contributed by atoms with Crippen molar-refractivity contribution in [1.29, 1.82) is 0 Å². The third-order valence-electron chi connectivity index (χ3n) is 6.00. The summed E-state index contributed by atoms with van der Waals surface area (Å²) in [5.41, 5.74) is 4.86. The summed E-state index contributed by atoms with van der Waals surface area (Å²) in [7, 11) is -2.36. The molecule has 3 aromatic heterocycles. The minimum absolute atomic E-state index is 0.0155. The monoisotopic (exact) mass is 505 g/mol. The maximum atomic E-state index is 12.9. The summed E-state index contributed by atoms with van der Waals surface area (Å²) in [6.45, 7) is 5.95. The predicted molar refractivity (Wildman–Crippen MR) is 135 cm³/mol. The van der Waals surface area contributed by atoms with Gasteiger partial charge in [-0.2, -0.15) is 5.10 Å². The van der Waals surface area contributed by atoms with Crippen molar-refractivity contribution >= 4 is 38.3 Å². The molecule has 0 radical (unpaired) electrons. The largest absolute Gasteiger partial charge is 0.419 e. The first-order valence-corrected chi connectivity index (χ1v) is 12.5. The van der Waals surface area contributed by atoms with Crippen LogP contribution in [0.1, 0.15) is 17.0 Å². The molecule has 12 heteroatoms. The number of nitrogens with zero attached hydrogens (tertiary/aromatic N) is 5. The zero-order valence-corrected chi connectivity index (χ0v) is 20.8. The Morgan fingerprint density at radius 2 is 1.64 bits per heavy atom. The van der Waals surface area contributed by atoms with Gasteiger partial charge in [0.25, 0.3) is 10.0 Å². The number of anilines is 3. The van der Waals surface area contributed by atoms with Gasteiger partial charge in [0.05, 0.1) is 16.1 Å². The van der Waals surface area contributed by atoms with Crippen LogP contribution in [0.15, 0.2) is 68.7 Å². The predicted octanol–water partition coefficient (Wildman–Crippen LogP) is 3.58. The fourth-order valence-electron chi connectivity index (χ4n) is 3.71. The summed E-state index contributed by atoms with van der Waals surface area (Å²) >= 11 is 0. The van der Waals surface area contributed by atoms with Crippen LogP contribution >= 0.6 is 0 Å². The first-order valence-electron chi connectivity index (χ1n) is 11.0. The van der Waals surface area contributed by atoms with Gasteiger partial charge in [-0.3, -0.25) is 9.29 Å². The topological polar surface area (TPSA) is 137 Å². The number of aryl methyl sites for hydroxylation is 2. The van der Waals surface area contributed by atoms with Crippen LogP contribution in [-0.2, 0) is 17.1 Å². The van der Waals surface area contributed by atoms with E-state index < -0.39 is 15.8 Å². The summed E-state index contributed by atoms with van der Waals surface area (Å²) in [5.74, 6) is 0.591. The van der Waals surface area contributed by atoms with E-state index in [2.05, 4.69) is 25.3 Å². The van der Waals surface area contributed by atoms with Crippen LogP contribution in [-0.4, -0.2) is 33.0 Å². The lowest BCUT2D eigenvalue weighted by atomic mass is 10.2. The average Bonchev–Trinajstić information content (AvgIpc) is 3.29. The highest BCUT2D eigenvalue weighted by atomic mass is 32.2. The summed E-state index contributed by atoms with van der Waals surface area (Å²) < 4.78 is 36.3. The summed E-state index contributed by atoms with van der Waals surface area (Å²) in [6.07, 6.45) is 0. The van der Waals surface area contributed by atoms with Crippen LogP contribution in [0.25, 0.3) is 16.9 Å². The van der Waals surface area contributed by atoms with Gasteiger partial charge >= 0.3 is 5.76 Å². The van der Waals surface area contributed by atoms with Crippen molar-refractivity contribution in [3.05, 3.63) is 82.1 Å². The Labute approximate surface area is 206 Å². The maximum absolute atomic E-state index is 12.9. The molecule has 0 saturated carbocycles. The molecule has 5 aromatic rings. The molecule has 0 aliphatic rings. The number of aromatic nitrogens is 5. The molecule has 0 spiro atoms. The standard InChI is InChI=1S/C24H23N7O4S/c1-14-15(2)28-31(16(14)3)23-12-11-22(26-27-23)25-17-5-7-18(8-6-17)29-36(33,34)19-9-10-21-20(13-19)30(4)24(32)35-21/h5-13,29H,1-4H3,(H,25,26). The lowest BCUT2D eigenvalue weighted by molar-refractivity contribution is 0.528. The summed E-state index contributed by atoms with van der Waals surface area (Å²) in [6, 6.07) is 14.6. The van der Waals surface area contributed by atoms with Crippen LogP contribution in [0.5, 0.6) is 0 Å². The third-order valence-corrected chi connectivity index (χ3v) is 7.38. The first-order chi connectivity index (χ1) is 17.1. The van der Waals surface area contributed by atoms with Crippen molar-refractivity contribution in [3.63, 3.8) is 0 Å². The van der Waals surface area contributed by atoms with E-state index in [4.69, 9.17) is 4.42 Å². The molecule has 0 atom stereocenters. The normalized spacial score (nSPS) is 11.7. The number of rotatable bonds is 6. The van der Waals surface area contributed by atoms with E-state index in [1.807, 2.05) is 26.8 Å². The smallest absolute Gasteiger partial charge is 0.408 e. The van der Waals surface area contributed by atoms with Crippen molar-refractivity contribution < 1.29 is 12.8 Å². The fraction of sp³-hybridized carbons (Fsp3) is 0.167. The van der Waals surface area contributed by atoms with E-state index in [-0.39, 0.29) is 4.90 Å². The van der Waals surface area contributed by atoms with Crippen molar-refractivity contribution in [3.8, 4) is 5.82 Å². The van der Waals surface area contributed by atoms with Crippen LogP contribution in [0.4, 0.5) is 17.2 Å². The van der Waals surface area contributed by atoms with Gasteiger partial charge in [-0.1, -0.05) is 0 Å². The van der Waals surface area contributed by atoms with Crippen molar-refractivity contribution in [2.75, 3.05) is 10.0 Å². The van der Waals surface area contributed by atoms with Crippen LogP contribution in [0.2, 0.25) is 0 Å². The van der Waals surface area contributed by atoms with Crippen LogP contribution in [0, 0.1) is 20.8 Å². The fourth-order valence-corrected chi connectivity index (χ4v) is 4.78. The maximum Gasteiger partial charge on any atom is 0.419 e. The molecule has 184 valence electrons. The van der Waals surface area contributed by atoms with Crippen LogP contribution < -0.4 is 15.8 Å². The molecule has 0 bridgehead atoms. The minimum Gasteiger partial charge on any atom is -0.408 e. The van der Waals surface area contributed by atoms with Gasteiger partial charge < -0.3 is 9.73 Å². The quantitative estimate of drug-likeness (QED) is 0.357. The molecule has 2 aromatic carbocycles. The Kier molecular flexibility index (Phi) is 5.59. The zero-order chi connectivity index (χ0) is 25.6. The van der Waals surface area contributed by atoms with E-state index >= 15 is 0 Å². The molecule has 0 unspecified atom stereocenters. The van der Waals surface area contributed by atoms with Gasteiger partial charge in [-0.05, 0) is 80.9 Å². The second kappa shape index (κ2) is 8.64. The Bertz CT molecular complexity index is 1750. The number of oxazole rings is 1. The van der Waals surface area contributed by atoms with E-state index in [0.717, 1.165) is 17.0 Å². The average molecular weight is 506 g/mol. The van der Waals surface area contributed by atoms with E-state index in [9.17, 15) is 13.2 Å². The van der Waals surface area contributed by atoms with Gasteiger partial charge in [0, 0.05) is 24.1 Å². The number of sulfonamides is 1. The first kappa shape index (κ1) is 23.3. The lowest BCUT2D eigenvalue weighted by Crippen LogP contribution is -2.13. The molecule has 3 heterocycles. The molecule has 5 rings (SSSR count). The van der Waals surface area contributed by atoms with E-state index in [0.29, 0.717) is 34.1 Å². The molecule has 11 nitrogen and oxygen atoms in total. The highest BCUT2D eigenvalue weighted by Crippen LogP contribution is 2.23. The zero-order valence-electron chi connectivity index (χ0n) is 20.0. The molecule has 2 N–H and O–H groups in total. The van der Waals surface area contributed by atoms with E-state index in [1.165, 1.54) is 29.8 Å². The Morgan fingerprint density at radius 1 is 0.917 bits per heavy atom. The molecule has 36 heavy (non-hydrogen) atoms. The third kappa shape index (κ3) is 4.22. The molecular weight excluding hydrogens is 482 g/mol. The second-order valence-corrected chi connectivity index (χ2v) is 10.0. The number of hydrogen-bond acceptors (Lipinski definition) is 8. The van der Waals surface area contributed by atoms with E-state index in [1.54, 1.807) is 35.0 Å². The number of fused-ring (bicyclic) bond motifs is 1. The molecule has 0 saturated heterocycles. The van der Waals surface area contributed by atoms with Gasteiger partial charge in [0.2, 0.25) is 0 Å². The van der Waals surface area contributed by atoms with Gasteiger partial charge in [0.15, 0.2) is 17.2 Å². The molecule has 0 amide bonds. The molecule has 0 aliphatic heterocycles. The van der Waals surface area contributed by atoms with Gasteiger partial charge in [-0.25, -0.2) is 17.9 Å². The summed E-state index contributed by atoms with van der Waals surface area (Å²) in [5, 5.41) is 16.1. The Morgan fingerprint density at radius 3 is 2.28 bits per heavy atom. The second-order valence-electron chi connectivity index (χ2n) is 8.35. The number of nitrogens with one attached hydrogen (secondary N) is 2. The van der Waals surface area contributed by atoms with Gasteiger partial charge in [0.1, 0.15) is 0 Å². The Hall–Kier alpha value is -4.45. The highest BCUT2D eigenvalue weighted by Gasteiger charge is 2.17. The lowest BCUT2D eigenvalue weighted by Gasteiger charge is -2.10. The van der Waals surface area contributed by atoms with Crippen molar-refractivity contribution in [2.45, 2.75) is 25.7 Å². The number of hydrogen-bond donors (Lipinski definition) is 2. The SMILES string of the molecule is Cc1nn(-c2ccc(Nc3ccc(NS(=O)(=O)c4ccc5oc(=O)n(C)c5c4)cc3)nn2)c(C)c1C.